The largest absolute Gasteiger partial charge is 0.326 e. The normalized spacial score (nSPS) is 18.2. The Hall–Kier alpha value is -2.60. The van der Waals surface area contributed by atoms with Crippen LogP contribution in [0.1, 0.15) is 24.5 Å². The predicted molar refractivity (Wildman–Crippen MR) is 111 cm³/mol. The van der Waals surface area contributed by atoms with Crippen LogP contribution in [0.3, 0.4) is 0 Å². The van der Waals surface area contributed by atoms with Crippen LogP contribution < -0.4 is 5.32 Å². The highest BCUT2D eigenvalue weighted by molar-refractivity contribution is 8.15. The molecule has 1 aliphatic rings. The van der Waals surface area contributed by atoms with Crippen LogP contribution in [0.4, 0.5) is 11.4 Å². The van der Waals surface area contributed by atoms with Gasteiger partial charge in [-0.05, 0) is 48.7 Å². The Kier molecular flexibility index (Phi) is 5.96. The summed E-state index contributed by atoms with van der Waals surface area (Å²) in [6.07, 6.45) is 1.09. The first-order valence-corrected chi connectivity index (χ1v) is 9.82. The number of hydrogen-bond donors (Lipinski definition) is 1. The van der Waals surface area contributed by atoms with Crippen LogP contribution in [-0.4, -0.2) is 34.2 Å². The third-order valence-corrected chi connectivity index (χ3v) is 5.61. The molecule has 2 aromatic rings. The molecule has 1 atom stereocenters. The van der Waals surface area contributed by atoms with E-state index in [2.05, 4.69) is 17.2 Å². The molecule has 1 aliphatic heterocycles. The van der Waals surface area contributed by atoms with Crippen LogP contribution in [0.5, 0.6) is 0 Å². The van der Waals surface area contributed by atoms with E-state index in [1.54, 1.807) is 7.05 Å². The number of aryl methyl sites for hydroxylation is 2. The highest BCUT2D eigenvalue weighted by Crippen LogP contribution is 2.30. The third-order valence-electron chi connectivity index (χ3n) is 4.38. The van der Waals surface area contributed by atoms with Gasteiger partial charge in [0, 0.05) is 19.2 Å². The van der Waals surface area contributed by atoms with Gasteiger partial charge in [-0.1, -0.05) is 43.0 Å². The maximum absolute atomic E-state index is 12.5. The lowest BCUT2D eigenvalue weighted by atomic mass is 10.2. The lowest BCUT2D eigenvalue weighted by Gasteiger charge is -2.09. The number of aliphatic imine (C=N–C) groups is 1. The van der Waals surface area contributed by atoms with Gasteiger partial charge in [-0.3, -0.25) is 14.5 Å². The fourth-order valence-electron chi connectivity index (χ4n) is 2.82. The second-order valence-corrected chi connectivity index (χ2v) is 7.71. The maximum Gasteiger partial charge on any atom is 0.242 e. The number of benzene rings is 2. The summed E-state index contributed by atoms with van der Waals surface area (Å²) in [4.78, 5) is 30.9. The first kappa shape index (κ1) is 19.2. The summed E-state index contributed by atoms with van der Waals surface area (Å²) in [5.74, 6) is -0.267. The average Bonchev–Trinajstić information content (AvgIpc) is 2.90. The fourth-order valence-corrected chi connectivity index (χ4v) is 3.97. The molecule has 0 radical (unpaired) electrons. The third kappa shape index (κ3) is 4.77. The zero-order valence-corrected chi connectivity index (χ0v) is 16.5. The Bertz CT molecular complexity index is 877. The highest BCUT2D eigenvalue weighted by atomic mass is 32.2. The molecule has 3 rings (SSSR count). The van der Waals surface area contributed by atoms with Crippen LogP contribution in [0, 0.1) is 6.92 Å². The Morgan fingerprint density at radius 3 is 2.63 bits per heavy atom. The summed E-state index contributed by atoms with van der Waals surface area (Å²) in [7, 11) is 1.70. The lowest BCUT2D eigenvalue weighted by molar-refractivity contribution is -0.127. The second kappa shape index (κ2) is 8.39. The molecular weight excluding hydrogens is 358 g/mol. The van der Waals surface area contributed by atoms with Gasteiger partial charge in [0.1, 0.15) is 5.25 Å². The minimum Gasteiger partial charge on any atom is -0.326 e. The Morgan fingerprint density at radius 1 is 1.22 bits per heavy atom. The van der Waals surface area contributed by atoms with E-state index in [0.717, 1.165) is 23.4 Å². The molecular formula is C21H23N3O2S. The van der Waals surface area contributed by atoms with Crippen molar-refractivity contribution in [1.29, 1.82) is 0 Å². The van der Waals surface area contributed by atoms with Gasteiger partial charge in [0.05, 0.1) is 5.69 Å². The summed E-state index contributed by atoms with van der Waals surface area (Å²) < 4.78 is 0. The van der Waals surface area contributed by atoms with Crippen molar-refractivity contribution in [2.24, 2.45) is 4.99 Å². The van der Waals surface area contributed by atoms with E-state index in [0.29, 0.717) is 5.17 Å². The van der Waals surface area contributed by atoms with Gasteiger partial charge in [-0.15, -0.1) is 0 Å². The molecule has 0 saturated carbocycles. The first-order valence-electron chi connectivity index (χ1n) is 8.94. The van der Waals surface area contributed by atoms with Gasteiger partial charge < -0.3 is 5.32 Å². The van der Waals surface area contributed by atoms with E-state index in [4.69, 9.17) is 0 Å². The van der Waals surface area contributed by atoms with Crippen molar-refractivity contribution >= 4 is 40.1 Å². The maximum atomic E-state index is 12.5. The van der Waals surface area contributed by atoms with E-state index in [1.807, 2.05) is 55.5 Å². The lowest BCUT2D eigenvalue weighted by Crippen LogP contribution is -2.30. The monoisotopic (exact) mass is 381 g/mol. The molecule has 5 nitrogen and oxygen atoms in total. The number of carbonyl (C=O) groups is 2. The fraction of sp³-hybridized carbons (Fsp3) is 0.286. The first-order chi connectivity index (χ1) is 13.0. The number of anilines is 1. The molecule has 0 aromatic heterocycles. The highest BCUT2D eigenvalue weighted by Gasteiger charge is 2.36. The van der Waals surface area contributed by atoms with E-state index < -0.39 is 5.25 Å². The van der Waals surface area contributed by atoms with E-state index in [1.165, 1.54) is 22.2 Å². The van der Waals surface area contributed by atoms with Gasteiger partial charge in [-0.25, -0.2) is 4.99 Å². The number of amides is 2. The molecule has 2 aromatic carbocycles. The summed E-state index contributed by atoms with van der Waals surface area (Å²) in [5.41, 5.74) is 3.86. The molecule has 1 heterocycles. The number of rotatable bonds is 5. The molecule has 27 heavy (non-hydrogen) atoms. The van der Waals surface area contributed by atoms with Crippen molar-refractivity contribution in [3.63, 3.8) is 0 Å². The molecule has 0 unspecified atom stereocenters. The van der Waals surface area contributed by atoms with Crippen molar-refractivity contribution < 1.29 is 9.59 Å². The number of carbonyl (C=O) groups excluding carboxylic acids is 2. The molecule has 6 heteroatoms. The minimum atomic E-state index is -0.450. The zero-order valence-electron chi connectivity index (χ0n) is 15.7. The molecule has 1 fully saturated rings. The molecule has 0 spiro atoms. The van der Waals surface area contributed by atoms with Gasteiger partial charge in [0.15, 0.2) is 5.17 Å². The van der Waals surface area contributed by atoms with Gasteiger partial charge >= 0.3 is 0 Å². The van der Waals surface area contributed by atoms with E-state index >= 15 is 0 Å². The van der Waals surface area contributed by atoms with Crippen molar-refractivity contribution in [2.75, 3.05) is 12.4 Å². The summed E-state index contributed by atoms with van der Waals surface area (Å²) in [5, 5.41) is 3.03. The second-order valence-electron chi connectivity index (χ2n) is 6.54. The van der Waals surface area contributed by atoms with E-state index in [-0.39, 0.29) is 18.2 Å². The predicted octanol–water partition coefficient (Wildman–Crippen LogP) is 4.15. The molecule has 0 aliphatic carbocycles. The zero-order chi connectivity index (χ0) is 19.4. The Morgan fingerprint density at radius 2 is 1.96 bits per heavy atom. The van der Waals surface area contributed by atoms with E-state index in [9.17, 15) is 9.59 Å². The summed E-state index contributed by atoms with van der Waals surface area (Å²) in [6, 6.07) is 15.6. The minimum absolute atomic E-state index is 0.0941. The van der Waals surface area contributed by atoms with Gasteiger partial charge in [0.25, 0.3) is 0 Å². The quantitative estimate of drug-likeness (QED) is 0.846. The van der Waals surface area contributed by atoms with Crippen molar-refractivity contribution in [3.05, 3.63) is 59.7 Å². The number of thioether (sulfide) groups is 1. The van der Waals surface area contributed by atoms with Crippen molar-refractivity contribution in [1.82, 2.24) is 4.90 Å². The average molecular weight is 382 g/mol. The molecule has 1 saturated heterocycles. The van der Waals surface area contributed by atoms with Crippen LogP contribution in [0.2, 0.25) is 0 Å². The number of amidine groups is 1. The molecule has 140 valence electrons. The topological polar surface area (TPSA) is 61.8 Å². The van der Waals surface area contributed by atoms with Gasteiger partial charge in [0.2, 0.25) is 11.8 Å². The van der Waals surface area contributed by atoms with Gasteiger partial charge in [-0.2, -0.15) is 0 Å². The van der Waals surface area contributed by atoms with Crippen LogP contribution in [-0.2, 0) is 16.0 Å². The SMILES string of the molecule is CCc1ccc(N=C2S[C@H](CC(=O)Nc3cccc(C)c3)C(=O)N2C)cc1. The Labute approximate surface area is 163 Å². The molecule has 2 amide bonds. The number of hydrogen-bond acceptors (Lipinski definition) is 4. The Balaban J connectivity index is 1.66. The van der Waals surface area contributed by atoms with Crippen molar-refractivity contribution in [3.8, 4) is 0 Å². The van der Waals surface area contributed by atoms with Crippen LogP contribution in [0.15, 0.2) is 53.5 Å². The smallest absolute Gasteiger partial charge is 0.242 e. The summed E-state index contributed by atoms with van der Waals surface area (Å²) >= 11 is 1.34. The van der Waals surface area contributed by atoms with Crippen LogP contribution in [0.25, 0.3) is 0 Å². The standard InChI is InChI=1S/C21H23N3O2S/c1-4-15-8-10-16(11-9-15)23-21-24(3)20(26)18(27-21)13-19(25)22-17-7-5-6-14(2)12-17/h5-12,18H,4,13H2,1-3H3,(H,22,25)/t18-/m1/s1. The van der Waals surface area contributed by atoms with Crippen molar-refractivity contribution in [2.45, 2.75) is 31.9 Å². The molecule has 1 N–H and O–H groups in total. The molecule has 0 bridgehead atoms. The number of nitrogens with zero attached hydrogens (tertiary/aromatic N) is 2. The number of nitrogens with one attached hydrogen (secondary N) is 1. The summed E-state index contributed by atoms with van der Waals surface area (Å²) in [6.45, 7) is 4.07. The van der Waals surface area contributed by atoms with Crippen LogP contribution >= 0.6 is 11.8 Å².